The number of carboxylic acid groups (broad SMARTS) is 1. The monoisotopic (exact) mass is 464 g/mol. The van der Waals surface area contributed by atoms with Crippen LogP contribution in [0.25, 0.3) is 11.1 Å². The molecule has 0 saturated heterocycles. The Labute approximate surface area is 195 Å². The molecule has 1 aliphatic rings. The molecule has 2 amide bonds. The van der Waals surface area contributed by atoms with Crippen molar-refractivity contribution in [2.75, 3.05) is 25.6 Å². The minimum absolute atomic E-state index is 0.0145. The quantitative estimate of drug-likeness (QED) is 0.467. The van der Waals surface area contributed by atoms with Crippen molar-refractivity contribution in [3.8, 4) is 11.1 Å². The van der Waals surface area contributed by atoms with Gasteiger partial charge in [0, 0.05) is 20.1 Å². The van der Waals surface area contributed by atoms with Crippen LogP contribution in [0, 0.1) is 0 Å². The predicted molar refractivity (Wildman–Crippen MR) is 123 cm³/mol. The van der Waals surface area contributed by atoms with Gasteiger partial charge in [-0.3, -0.25) is 9.48 Å². The lowest BCUT2D eigenvalue weighted by atomic mass is 9.98. The molecule has 0 aliphatic heterocycles. The highest BCUT2D eigenvalue weighted by atomic mass is 16.5. The van der Waals surface area contributed by atoms with Crippen LogP contribution in [0.3, 0.4) is 0 Å². The van der Waals surface area contributed by atoms with Crippen molar-refractivity contribution in [3.63, 3.8) is 0 Å². The normalized spacial score (nSPS) is 13.0. The number of anilines is 1. The highest BCUT2D eigenvalue weighted by Crippen LogP contribution is 2.44. The van der Waals surface area contributed by atoms with Crippen LogP contribution in [0.15, 0.2) is 54.7 Å². The van der Waals surface area contributed by atoms with E-state index < -0.39 is 24.1 Å². The van der Waals surface area contributed by atoms with E-state index in [9.17, 15) is 19.5 Å². The van der Waals surface area contributed by atoms with Crippen LogP contribution in [-0.2, 0) is 21.3 Å². The van der Waals surface area contributed by atoms with Crippen molar-refractivity contribution in [1.29, 1.82) is 0 Å². The third kappa shape index (κ3) is 4.48. The van der Waals surface area contributed by atoms with Crippen LogP contribution in [0.1, 0.15) is 27.4 Å². The van der Waals surface area contributed by atoms with Crippen LogP contribution in [0.4, 0.5) is 10.6 Å². The average molecular weight is 464 g/mol. The smallest absolute Gasteiger partial charge is 0.407 e. The van der Waals surface area contributed by atoms with Gasteiger partial charge in [-0.1, -0.05) is 48.5 Å². The number of nitrogens with zero attached hydrogens (tertiary/aromatic N) is 2. The zero-order chi connectivity index (χ0) is 24.2. The molecule has 0 radical (unpaired) electrons. The predicted octanol–water partition coefficient (Wildman–Crippen LogP) is 2.61. The summed E-state index contributed by atoms with van der Waals surface area (Å²) in [7, 11) is 2.81. The largest absolute Gasteiger partial charge is 0.477 e. The number of carbonyl (C=O) groups excluding carboxylic acids is 2. The van der Waals surface area contributed by atoms with Gasteiger partial charge in [-0.2, -0.15) is 5.10 Å². The lowest BCUT2D eigenvalue weighted by Crippen LogP contribution is -2.41. The number of nitrogens with one attached hydrogen (secondary N) is 2. The maximum Gasteiger partial charge on any atom is 0.407 e. The standard InChI is InChI=1S/C24H24N4O6/c1-28-21(18(11-26-28)23(30)31)27-22(29)20(33-2)12-25-24(32)34-13-19-16-9-5-3-7-14(16)15-8-4-6-10-17(15)19/h3-11,19-20H,12-13H2,1-2H3,(H,25,32)(H,27,29)(H,30,31). The molecular weight excluding hydrogens is 440 g/mol. The number of ether oxygens (including phenoxy) is 2. The number of hydrogen-bond acceptors (Lipinski definition) is 6. The highest BCUT2D eigenvalue weighted by Gasteiger charge is 2.29. The molecule has 3 N–H and O–H groups in total. The van der Waals surface area contributed by atoms with E-state index in [1.54, 1.807) is 0 Å². The zero-order valence-electron chi connectivity index (χ0n) is 18.6. The number of carboxylic acids is 1. The number of aromatic nitrogens is 2. The second-order valence-corrected chi connectivity index (χ2v) is 7.76. The average Bonchev–Trinajstić information content (AvgIpc) is 3.36. The summed E-state index contributed by atoms with van der Waals surface area (Å²) in [4.78, 5) is 36.2. The third-order valence-corrected chi connectivity index (χ3v) is 5.76. The van der Waals surface area contributed by atoms with Crippen LogP contribution in [0.5, 0.6) is 0 Å². The number of methoxy groups -OCH3 is 1. The summed E-state index contributed by atoms with van der Waals surface area (Å²) in [5.74, 6) is -1.93. The zero-order valence-corrected chi connectivity index (χ0v) is 18.6. The summed E-state index contributed by atoms with van der Waals surface area (Å²) in [5, 5.41) is 18.1. The Kier molecular flexibility index (Phi) is 6.60. The van der Waals surface area contributed by atoms with Crippen LogP contribution in [-0.4, -0.2) is 59.2 Å². The number of amides is 2. The van der Waals surface area contributed by atoms with Crippen LogP contribution < -0.4 is 10.6 Å². The fourth-order valence-corrected chi connectivity index (χ4v) is 4.05. The van der Waals surface area contributed by atoms with Gasteiger partial charge in [0.15, 0.2) is 6.10 Å². The van der Waals surface area contributed by atoms with E-state index in [1.807, 2.05) is 48.5 Å². The molecule has 0 bridgehead atoms. The number of hydrogen-bond donors (Lipinski definition) is 3. The first-order valence-electron chi connectivity index (χ1n) is 10.6. The van der Waals surface area contributed by atoms with Crippen molar-refractivity contribution in [2.45, 2.75) is 12.0 Å². The molecule has 2 aromatic carbocycles. The number of rotatable bonds is 8. The molecular formula is C24H24N4O6. The molecule has 0 saturated carbocycles. The molecule has 4 rings (SSSR count). The molecule has 1 atom stereocenters. The minimum atomic E-state index is -1.23. The molecule has 0 spiro atoms. The summed E-state index contributed by atoms with van der Waals surface area (Å²) < 4.78 is 11.9. The van der Waals surface area contributed by atoms with E-state index in [1.165, 1.54) is 18.8 Å². The molecule has 1 heterocycles. The molecule has 34 heavy (non-hydrogen) atoms. The Hall–Kier alpha value is -4.18. The summed E-state index contributed by atoms with van der Waals surface area (Å²) in [6, 6.07) is 16.0. The van der Waals surface area contributed by atoms with Gasteiger partial charge in [0.25, 0.3) is 5.91 Å². The fraction of sp³-hybridized carbons (Fsp3) is 0.250. The van der Waals surface area contributed by atoms with E-state index in [-0.39, 0.29) is 30.5 Å². The molecule has 0 fully saturated rings. The van der Waals surface area contributed by atoms with Crippen molar-refractivity contribution >= 4 is 23.8 Å². The van der Waals surface area contributed by atoms with Gasteiger partial charge < -0.3 is 25.2 Å². The SMILES string of the molecule is COC(CNC(=O)OCC1c2ccccc2-c2ccccc21)C(=O)Nc1c(C(=O)O)cnn1C. The molecule has 1 aliphatic carbocycles. The number of alkyl carbamates (subject to hydrolysis) is 1. The molecule has 1 aromatic heterocycles. The van der Waals surface area contributed by atoms with Gasteiger partial charge in [0.2, 0.25) is 0 Å². The van der Waals surface area contributed by atoms with E-state index in [4.69, 9.17) is 9.47 Å². The van der Waals surface area contributed by atoms with E-state index in [0.717, 1.165) is 28.5 Å². The Morgan fingerprint density at radius 3 is 2.29 bits per heavy atom. The van der Waals surface area contributed by atoms with Crippen molar-refractivity contribution in [3.05, 3.63) is 71.4 Å². The van der Waals surface area contributed by atoms with E-state index >= 15 is 0 Å². The Morgan fingerprint density at radius 2 is 1.71 bits per heavy atom. The van der Waals surface area contributed by atoms with Crippen molar-refractivity contribution in [1.82, 2.24) is 15.1 Å². The topological polar surface area (TPSA) is 132 Å². The maximum atomic E-state index is 12.6. The first kappa shape index (κ1) is 23.0. The van der Waals surface area contributed by atoms with Crippen LogP contribution in [0.2, 0.25) is 0 Å². The summed E-state index contributed by atoms with van der Waals surface area (Å²) in [6.07, 6.45) is -0.630. The van der Waals surface area contributed by atoms with Crippen LogP contribution >= 0.6 is 0 Å². The molecule has 10 heteroatoms. The highest BCUT2D eigenvalue weighted by molar-refractivity contribution is 6.00. The van der Waals surface area contributed by atoms with Gasteiger partial charge >= 0.3 is 12.1 Å². The van der Waals surface area contributed by atoms with Gasteiger partial charge in [-0.05, 0) is 22.3 Å². The third-order valence-electron chi connectivity index (χ3n) is 5.76. The first-order chi connectivity index (χ1) is 16.4. The Bertz CT molecular complexity index is 1190. The van der Waals surface area contributed by atoms with Crippen molar-refractivity contribution in [2.24, 2.45) is 7.05 Å². The van der Waals surface area contributed by atoms with E-state index in [2.05, 4.69) is 15.7 Å². The number of benzene rings is 2. The fourth-order valence-electron chi connectivity index (χ4n) is 4.05. The second-order valence-electron chi connectivity index (χ2n) is 7.76. The number of aryl methyl sites for hydroxylation is 1. The second kappa shape index (κ2) is 9.75. The van der Waals surface area contributed by atoms with Crippen molar-refractivity contribution < 1.29 is 29.0 Å². The lowest BCUT2D eigenvalue weighted by molar-refractivity contribution is -0.125. The summed E-state index contributed by atoms with van der Waals surface area (Å²) in [6.45, 7) is -0.0278. The number of aromatic carboxylic acids is 1. The lowest BCUT2D eigenvalue weighted by Gasteiger charge is -2.18. The molecule has 10 nitrogen and oxygen atoms in total. The van der Waals surface area contributed by atoms with Gasteiger partial charge in [-0.15, -0.1) is 0 Å². The molecule has 3 aromatic rings. The maximum absolute atomic E-state index is 12.6. The number of carbonyl (C=O) groups is 3. The van der Waals surface area contributed by atoms with Gasteiger partial charge in [0.05, 0.1) is 12.7 Å². The van der Waals surface area contributed by atoms with E-state index in [0.29, 0.717) is 0 Å². The summed E-state index contributed by atoms with van der Waals surface area (Å²) in [5.41, 5.74) is 4.28. The Morgan fingerprint density at radius 1 is 1.09 bits per heavy atom. The molecule has 1 unspecified atom stereocenters. The first-order valence-corrected chi connectivity index (χ1v) is 10.6. The molecule has 176 valence electrons. The minimum Gasteiger partial charge on any atom is -0.477 e. The van der Waals surface area contributed by atoms with Gasteiger partial charge in [-0.25, -0.2) is 9.59 Å². The van der Waals surface area contributed by atoms with Gasteiger partial charge in [0.1, 0.15) is 18.0 Å². The Balaban J connectivity index is 1.34. The number of fused-ring (bicyclic) bond motifs is 3. The summed E-state index contributed by atoms with van der Waals surface area (Å²) >= 11 is 0.